The van der Waals surface area contributed by atoms with Crippen LogP contribution in [0.5, 0.6) is 0 Å². The van der Waals surface area contributed by atoms with Crippen LogP contribution >= 0.6 is 0 Å². The first-order chi connectivity index (χ1) is 3.72. The van der Waals surface area contributed by atoms with Gasteiger partial charge < -0.3 is 37.2 Å². The van der Waals surface area contributed by atoms with E-state index in [9.17, 15) is 0 Å². The van der Waals surface area contributed by atoms with Crippen molar-refractivity contribution in [2.75, 3.05) is 0 Å². The topological polar surface area (TPSA) is 0 Å². The van der Waals surface area contributed by atoms with Crippen molar-refractivity contribution in [3.8, 4) is 0 Å². The molecule has 0 N–H and O–H groups in total. The molecule has 0 aromatic rings. The van der Waals surface area contributed by atoms with E-state index in [0.717, 1.165) is 0 Å². The fourth-order valence-corrected chi connectivity index (χ4v) is 1.11. The van der Waals surface area contributed by atoms with Crippen LogP contribution in [0, 0.1) is 5.92 Å². The summed E-state index contributed by atoms with van der Waals surface area (Å²) in [5.74, 6) is 0.690. The van der Waals surface area contributed by atoms with E-state index in [4.69, 9.17) is 0 Å². The van der Waals surface area contributed by atoms with E-state index < -0.39 is 0 Å². The Balaban J connectivity index is -0.000000213. The molecule has 0 amide bonds. The molecule has 0 bridgehead atoms. The molecule has 1 aliphatic rings. The second-order valence-electron chi connectivity index (χ2n) is 2.24. The number of hydrogen-bond donors (Lipinski definition) is 0. The molecule has 0 fully saturated rings. The van der Waals surface area contributed by atoms with Crippen molar-refractivity contribution in [2.24, 2.45) is 5.92 Å². The van der Waals surface area contributed by atoms with Gasteiger partial charge in [0, 0.05) is 0 Å². The average Bonchev–Trinajstić information content (AvgIpc) is 1.98. The molecule has 0 aromatic heterocycles. The molecule has 0 spiro atoms. The normalized spacial score (nSPS) is 20.2. The maximum Gasteiger partial charge on any atom is -1.00 e. The van der Waals surface area contributed by atoms with Crippen molar-refractivity contribution < 1.29 is 57.7 Å². The summed E-state index contributed by atoms with van der Waals surface area (Å²) in [6.45, 7) is 4.39. The molecule has 0 saturated carbocycles. The molecule has 1 aliphatic carbocycles. The van der Waals surface area contributed by atoms with Crippen LogP contribution < -0.4 is 37.2 Å². The summed E-state index contributed by atoms with van der Waals surface area (Å²) >= 11 is 2.19. The average molecular weight is 247 g/mol. The fraction of sp³-hybridized carbons (Fsp3) is 0.429. The second-order valence-corrected chi connectivity index (χ2v) is 3.09. The van der Waals surface area contributed by atoms with Crippen molar-refractivity contribution in [2.45, 2.75) is 13.8 Å². The van der Waals surface area contributed by atoms with E-state index in [1.54, 1.807) is 0 Å². The largest absolute Gasteiger partial charge is 1.00 e. The van der Waals surface area contributed by atoms with Gasteiger partial charge in [-0.15, -0.1) is 0 Å². The Morgan fingerprint density at radius 2 is 1.73 bits per heavy atom. The van der Waals surface area contributed by atoms with Gasteiger partial charge in [0.1, 0.15) is 0 Å². The molecule has 62 valence electrons. The third kappa shape index (κ3) is 4.60. The number of hydrogen-bond acceptors (Lipinski definition) is 0. The van der Waals surface area contributed by atoms with Crippen molar-refractivity contribution in [1.29, 1.82) is 0 Å². The maximum absolute atomic E-state index is 2.24. The van der Waals surface area contributed by atoms with Gasteiger partial charge in [0.2, 0.25) is 0 Å². The molecule has 1 unspecified atom stereocenters. The molecular formula is C7H9Cl3Ti. The fourth-order valence-electron chi connectivity index (χ4n) is 0.834. The zero-order valence-corrected chi connectivity index (χ0v) is 10.2. The first-order valence-electron chi connectivity index (χ1n) is 2.82. The van der Waals surface area contributed by atoms with Gasteiger partial charge in [-0.1, -0.05) is 0 Å². The van der Waals surface area contributed by atoms with Crippen molar-refractivity contribution in [3.63, 3.8) is 0 Å². The minimum Gasteiger partial charge on any atom is -1.00 e. The Labute approximate surface area is 98.5 Å². The van der Waals surface area contributed by atoms with Crippen LogP contribution in [0.1, 0.15) is 13.8 Å². The predicted molar refractivity (Wildman–Crippen MR) is 31.0 cm³/mol. The van der Waals surface area contributed by atoms with Gasteiger partial charge in [0.15, 0.2) is 0 Å². The molecule has 1 rings (SSSR count). The van der Waals surface area contributed by atoms with Gasteiger partial charge in [-0.25, -0.2) is 0 Å². The standard InChI is InChI=1S/C7H9.3ClH.Ti/c1-6-3-4-7(2)5-6;;;;/h3-4,6H,1-2H3;3*1H;/q;;;;+3/p-3. The summed E-state index contributed by atoms with van der Waals surface area (Å²) in [5, 5.41) is 0. The van der Waals surface area contributed by atoms with E-state index in [-0.39, 0.29) is 37.2 Å². The first kappa shape index (κ1) is 18.0. The van der Waals surface area contributed by atoms with Crippen LogP contribution in [0.2, 0.25) is 0 Å². The van der Waals surface area contributed by atoms with Crippen LogP contribution in [0.15, 0.2) is 21.6 Å². The van der Waals surface area contributed by atoms with Crippen molar-refractivity contribution >= 4 is 0 Å². The van der Waals surface area contributed by atoms with E-state index in [0.29, 0.717) is 5.92 Å². The molecule has 0 radical (unpaired) electrons. The van der Waals surface area contributed by atoms with Gasteiger partial charge in [-0.05, 0) is 0 Å². The summed E-state index contributed by atoms with van der Waals surface area (Å²) in [5.41, 5.74) is 1.44. The predicted octanol–water partition coefficient (Wildman–Crippen LogP) is -6.97. The summed E-state index contributed by atoms with van der Waals surface area (Å²) in [4.78, 5) is 0. The van der Waals surface area contributed by atoms with Crippen LogP contribution in [-0.4, -0.2) is 0 Å². The summed E-state index contributed by atoms with van der Waals surface area (Å²) in [7, 11) is 0. The van der Waals surface area contributed by atoms with Crippen LogP contribution in [-0.2, 0) is 20.4 Å². The molecule has 0 aromatic carbocycles. The van der Waals surface area contributed by atoms with E-state index in [1.807, 2.05) is 0 Å². The van der Waals surface area contributed by atoms with Gasteiger partial charge in [0.05, 0.1) is 0 Å². The molecule has 4 heteroatoms. The summed E-state index contributed by atoms with van der Waals surface area (Å²) < 4.78 is 1.52. The SMILES string of the molecule is CC1=[C]([Ti+3])C(C)C=C1.[Cl-].[Cl-].[Cl-]. The first-order valence-corrected chi connectivity index (χ1v) is 3.60. The quantitative estimate of drug-likeness (QED) is 0.373. The molecule has 0 saturated heterocycles. The third-order valence-corrected chi connectivity index (χ3v) is 2.84. The molecule has 0 nitrogen and oxygen atoms in total. The second kappa shape index (κ2) is 7.70. The van der Waals surface area contributed by atoms with Gasteiger partial charge in [-0.2, -0.15) is 0 Å². The zero-order chi connectivity index (χ0) is 6.15. The maximum atomic E-state index is 2.24. The van der Waals surface area contributed by atoms with E-state index >= 15 is 0 Å². The zero-order valence-electron chi connectivity index (χ0n) is 6.37. The molecule has 0 heterocycles. The van der Waals surface area contributed by atoms with Gasteiger partial charge >= 0.3 is 61.8 Å². The minimum atomic E-state index is 0. The van der Waals surface area contributed by atoms with Gasteiger partial charge in [-0.3, -0.25) is 0 Å². The Kier molecular flexibility index (Phi) is 12.6. The minimum absolute atomic E-state index is 0. The monoisotopic (exact) mass is 246 g/mol. The summed E-state index contributed by atoms with van der Waals surface area (Å²) in [6, 6.07) is 0. The molecule has 0 aliphatic heterocycles. The Hall–Kier alpha value is 1.06. The number of halogens is 3. The Bertz CT molecular complexity index is 163. The van der Waals surface area contributed by atoms with Crippen LogP contribution in [0.3, 0.4) is 0 Å². The smallest absolute Gasteiger partial charge is 1.00 e. The van der Waals surface area contributed by atoms with Crippen LogP contribution in [0.25, 0.3) is 0 Å². The third-order valence-electron chi connectivity index (χ3n) is 1.52. The molecular weight excluding hydrogens is 238 g/mol. The molecule has 11 heavy (non-hydrogen) atoms. The van der Waals surface area contributed by atoms with E-state index in [1.165, 1.54) is 9.45 Å². The summed E-state index contributed by atoms with van der Waals surface area (Å²) in [6.07, 6.45) is 4.44. The Morgan fingerprint density at radius 3 is 1.82 bits per heavy atom. The van der Waals surface area contributed by atoms with Crippen molar-refractivity contribution in [1.82, 2.24) is 0 Å². The number of allylic oxidation sites excluding steroid dienone is 4. The van der Waals surface area contributed by atoms with Crippen LogP contribution in [0.4, 0.5) is 0 Å². The number of rotatable bonds is 0. The van der Waals surface area contributed by atoms with E-state index in [2.05, 4.69) is 46.4 Å². The van der Waals surface area contributed by atoms with Crippen molar-refractivity contribution in [3.05, 3.63) is 21.6 Å². The molecule has 1 atom stereocenters. The van der Waals surface area contributed by atoms with Gasteiger partial charge in [0.25, 0.3) is 0 Å². The Morgan fingerprint density at radius 1 is 1.27 bits per heavy atom.